The summed E-state index contributed by atoms with van der Waals surface area (Å²) in [6, 6.07) is 6.29. The van der Waals surface area contributed by atoms with E-state index in [1.807, 2.05) is 32.0 Å². The summed E-state index contributed by atoms with van der Waals surface area (Å²) in [6.45, 7) is 3.69. The van der Waals surface area contributed by atoms with E-state index in [2.05, 4.69) is 15.4 Å². The second kappa shape index (κ2) is 7.02. The summed E-state index contributed by atoms with van der Waals surface area (Å²) in [6.07, 6.45) is 3.34. The van der Waals surface area contributed by atoms with Crippen LogP contribution in [0.5, 0.6) is 0 Å². The van der Waals surface area contributed by atoms with Crippen molar-refractivity contribution in [2.45, 2.75) is 19.9 Å². The zero-order valence-electron chi connectivity index (χ0n) is 15.5. The highest BCUT2D eigenvalue weighted by Gasteiger charge is 2.20. The lowest BCUT2D eigenvalue weighted by Crippen LogP contribution is -2.41. The van der Waals surface area contributed by atoms with Crippen LogP contribution in [0.25, 0.3) is 5.82 Å². The molecule has 1 N–H and O–H groups in total. The number of pyridine rings is 1. The summed E-state index contributed by atoms with van der Waals surface area (Å²) in [7, 11) is 2.82. The fourth-order valence-corrected chi connectivity index (χ4v) is 2.86. The van der Waals surface area contributed by atoms with Crippen LogP contribution < -0.4 is 16.6 Å². The number of hydrogen-bond donors (Lipinski definition) is 1. The molecule has 0 bridgehead atoms. The van der Waals surface area contributed by atoms with Gasteiger partial charge in [0.1, 0.15) is 5.69 Å². The van der Waals surface area contributed by atoms with Crippen LogP contribution in [0.1, 0.15) is 34.7 Å². The number of carbonyl (C=O) groups excluding carboxylic acids is 1. The molecule has 0 saturated carbocycles. The van der Waals surface area contributed by atoms with Gasteiger partial charge in [-0.2, -0.15) is 5.10 Å². The van der Waals surface area contributed by atoms with Gasteiger partial charge in [-0.3, -0.25) is 18.7 Å². The predicted octanol–water partition coefficient (Wildman–Crippen LogP) is 0.464. The Hall–Kier alpha value is -3.49. The van der Waals surface area contributed by atoms with Crippen molar-refractivity contribution in [1.82, 2.24) is 29.2 Å². The predicted molar refractivity (Wildman–Crippen MR) is 98.9 cm³/mol. The Morgan fingerprint density at radius 3 is 2.59 bits per heavy atom. The minimum absolute atomic E-state index is 0.00437. The van der Waals surface area contributed by atoms with Gasteiger partial charge in [0, 0.05) is 37.6 Å². The molecule has 0 aromatic carbocycles. The Kier molecular flexibility index (Phi) is 4.76. The third-order valence-electron chi connectivity index (χ3n) is 4.49. The van der Waals surface area contributed by atoms with E-state index in [4.69, 9.17) is 0 Å². The van der Waals surface area contributed by atoms with Crippen molar-refractivity contribution in [3.63, 3.8) is 0 Å². The second-order valence-corrected chi connectivity index (χ2v) is 6.25. The van der Waals surface area contributed by atoms with E-state index in [0.717, 1.165) is 26.5 Å². The highest BCUT2D eigenvalue weighted by molar-refractivity contribution is 5.92. The standard InChI is InChI=1S/C18H20N6O3/c1-11(13-10-20-24(12(13)2)15-7-5-6-8-19-15)21-17(26)14-9-16(25)23(4)18(27)22(14)3/h5-11H,1-4H3,(H,21,26)/t11-/m1/s1. The number of amides is 1. The van der Waals surface area contributed by atoms with Crippen LogP contribution in [0.15, 0.2) is 46.2 Å². The topological polar surface area (TPSA) is 104 Å². The molecule has 0 saturated heterocycles. The molecule has 3 aromatic rings. The lowest BCUT2D eigenvalue weighted by molar-refractivity contribution is 0.0929. The normalized spacial score (nSPS) is 12.0. The molecule has 3 rings (SSSR count). The number of nitrogens with one attached hydrogen (secondary N) is 1. The van der Waals surface area contributed by atoms with Gasteiger partial charge in [0.2, 0.25) is 0 Å². The Morgan fingerprint density at radius 2 is 1.93 bits per heavy atom. The molecule has 0 aliphatic rings. The molecule has 0 unspecified atom stereocenters. The minimum Gasteiger partial charge on any atom is -0.344 e. The van der Waals surface area contributed by atoms with Crippen LogP contribution in [-0.4, -0.2) is 29.8 Å². The van der Waals surface area contributed by atoms with E-state index < -0.39 is 17.2 Å². The van der Waals surface area contributed by atoms with Crippen molar-refractivity contribution in [2.24, 2.45) is 14.1 Å². The van der Waals surface area contributed by atoms with E-state index >= 15 is 0 Å². The van der Waals surface area contributed by atoms with E-state index in [0.29, 0.717) is 5.82 Å². The minimum atomic E-state index is -0.556. The summed E-state index contributed by atoms with van der Waals surface area (Å²) in [4.78, 5) is 40.7. The maximum absolute atomic E-state index is 12.6. The third-order valence-corrected chi connectivity index (χ3v) is 4.49. The molecular formula is C18H20N6O3. The summed E-state index contributed by atoms with van der Waals surface area (Å²) >= 11 is 0. The monoisotopic (exact) mass is 368 g/mol. The van der Waals surface area contributed by atoms with Gasteiger partial charge in [-0.15, -0.1) is 0 Å². The highest BCUT2D eigenvalue weighted by Crippen LogP contribution is 2.19. The Bertz CT molecular complexity index is 1110. The van der Waals surface area contributed by atoms with Crippen molar-refractivity contribution in [3.8, 4) is 5.82 Å². The maximum atomic E-state index is 12.6. The van der Waals surface area contributed by atoms with Crippen molar-refractivity contribution in [1.29, 1.82) is 0 Å². The average molecular weight is 368 g/mol. The molecule has 0 radical (unpaired) electrons. The van der Waals surface area contributed by atoms with Crippen molar-refractivity contribution in [2.75, 3.05) is 0 Å². The third kappa shape index (κ3) is 3.31. The van der Waals surface area contributed by atoms with E-state index in [9.17, 15) is 14.4 Å². The molecule has 0 aliphatic heterocycles. The van der Waals surface area contributed by atoms with Gasteiger partial charge in [0.05, 0.1) is 12.2 Å². The molecule has 1 atom stereocenters. The number of hydrogen-bond acceptors (Lipinski definition) is 5. The van der Waals surface area contributed by atoms with Crippen LogP contribution in [0, 0.1) is 6.92 Å². The fraction of sp³-hybridized carbons (Fsp3) is 0.278. The Labute approximate surface area is 154 Å². The van der Waals surface area contributed by atoms with Crippen LogP contribution in [-0.2, 0) is 14.1 Å². The Balaban J connectivity index is 1.88. The smallest absolute Gasteiger partial charge is 0.331 e. The van der Waals surface area contributed by atoms with Crippen LogP contribution >= 0.6 is 0 Å². The molecule has 1 amide bonds. The molecule has 9 nitrogen and oxygen atoms in total. The van der Waals surface area contributed by atoms with Crippen LogP contribution in [0.3, 0.4) is 0 Å². The van der Waals surface area contributed by atoms with E-state index in [1.54, 1.807) is 17.1 Å². The molecule has 3 aromatic heterocycles. The molecule has 3 heterocycles. The van der Waals surface area contributed by atoms with Gasteiger partial charge >= 0.3 is 5.69 Å². The van der Waals surface area contributed by atoms with Gasteiger partial charge < -0.3 is 5.32 Å². The lowest BCUT2D eigenvalue weighted by atomic mass is 10.1. The number of rotatable bonds is 4. The van der Waals surface area contributed by atoms with Crippen LogP contribution in [0.2, 0.25) is 0 Å². The molecular weight excluding hydrogens is 348 g/mol. The molecule has 0 fully saturated rings. The molecule has 0 aliphatic carbocycles. The first-order valence-electron chi connectivity index (χ1n) is 8.35. The highest BCUT2D eigenvalue weighted by atomic mass is 16.2. The number of nitrogens with zero attached hydrogens (tertiary/aromatic N) is 5. The zero-order valence-corrected chi connectivity index (χ0v) is 15.5. The van der Waals surface area contributed by atoms with Gasteiger partial charge in [-0.25, -0.2) is 14.5 Å². The zero-order chi connectivity index (χ0) is 19.7. The Morgan fingerprint density at radius 1 is 1.19 bits per heavy atom. The first-order chi connectivity index (χ1) is 12.8. The molecule has 9 heteroatoms. The van der Waals surface area contributed by atoms with Crippen LogP contribution in [0.4, 0.5) is 0 Å². The summed E-state index contributed by atoms with van der Waals surface area (Å²) < 4.78 is 3.78. The number of aromatic nitrogens is 5. The molecule has 140 valence electrons. The first-order valence-corrected chi connectivity index (χ1v) is 8.35. The fourth-order valence-electron chi connectivity index (χ4n) is 2.86. The second-order valence-electron chi connectivity index (χ2n) is 6.25. The lowest BCUT2D eigenvalue weighted by Gasteiger charge is -2.15. The number of carbonyl (C=O) groups is 1. The van der Waals surface area contributed by atoms with Gasteiger partial charge in [-0.1, -0.05) is 6.07 Å². The van der Waals surface area contributed by atoms with Gasteiger partial charge in [-0.05, 0) is 26.0 Å². The summed E-state index contributed by atoms with van der Waals surface area (Å²) in [5.74, 6) is 0.165. The maximum Gasteiger partial charge on any atom is 0.331 e. The van der Waals surface area contributed by atoms with Gasteiger partial charge in [0.25, 0.3) is 11.5 Å². The molecule has 0 spiro atoms. The molecule has 27 heavy (non-hydrogen) atoms. The SMILES string of the molecule is Cc1c([C@@H](C)NC(=O)c2cc(=O)n(C)c(=O)n2C)cnn1-c1ccccn1. The van der Waals surface area contributed by atoms with Crippen molar-refractivity contribution < 1.29 is 4.79 Å². The largest absolute Gasteiger partial charge is 0.344 e. The van der Waals surface area contributed by atoms with Gasteiger partial charge in [0.15, 0.2) is 5.82 Å². The van der Waals surface area contributed by atoms with E-state index in [-0.39, 0.29) is 11.7 Å². The summed E-state index contributed by atoms with van der Waals surface area (Å²) in [5.41, 5.74) is 0.557. The average Bonchev–Trinajstić information content (AvgIpc) is 3.05. The first kappa shape index (κ1) is 18.3. The van der Waals surface area contributed by atoms with Crippen molar-refractivity contribution in [3.05, 3.63) is 74.4 Å². The van der Waals surface area contributed by atoms with Crippen molar-refractivity contribution >= 4 is 5.91 Å². The van der Waals surface area contributed by atoms with E-state index in [1.165, 1.54) is 14.1 Å². The quantitative estimate of drug-likeness (QED) is 0.721. The summed E-state index contributed by atoms with van der Waals surface area (Å²) in [5, 5.41) is 7.15.